The fourth-order valence-electron chi connectivity index (χ4n) is 2.12. The molecule has 0 unspecified atom stereocenters. The molecule has 1 aromatic heterocycles. The number of aromatic nitrogens is 3. The molecule has 6 nitrogen and oxygen atoms in total. The van der Waals surface area contributed by atoms with Crippen LogP contribution in [-0.2, 0) is 4.79 Å². The highest BCUT2D eigenvalue weighted by Gasteiger charge is 2.12. The molecule has 0 saturated carbocycles. The van der Waals surface area contributed by atoms with Crippen molar-refractivity contribution >= 4 is 46.6 Å². The van der Waals surface area contributed by atoms with E-state index in [4.69, 9.17) is 28.5 Å². The van der Waals surface area contributed by atoms with Crippen molar-refractivity contribution in [1.29, 1.82) is 5.26 Å². The molecule has 0 saturated heterocycles. The van der Waals surface area contributed by atoms with Gasteiger partial charge in [-0.1, -0.05) is 47.1 Å². The van der Waals surface area contributed by atoms with E-state index in [1.807, 2.05) is 6.07 Å². The minimum absolute atomic E-state index is 0.103. The molecule has 0 spiro atoms. The van der Waals surface area contributed by atoms with Crippen molar-refractivity contribution in [3.8, 4) is 17.5 Å². The van der Waals surface area contributed by atoms with Gasteiger partial charge in [-0.25, -0.2) is 4.98 Å². The Morgan fingerprint density at radius 3 is 2.85 bits per heavy atom. The summed E-state index contributed by atoms with van der Waals surface area (Å²) >= 11 is 13.2. The van der Waals surface area contributed by atoms with E-state index in [1.165, 1.54) is 11.8 Å². The van der Waals surface area contributed by atoms with Gasteiger partial charge in [-0.05, 0) is 30.3 Å². The first kappa shape index (κ1) is 18.3. The van der Waals surface area contributed by atoms with Crippen molar-refractivity contribution in [2.24, 2.45) is 0 Å². The molecule has 0 fully saturated rings. The van der Waals surface area contributed by atoms with Crippen LogP contribution in [0.1, 0.15) is 5.56 Å². The van der Waals surface area contributed by atoms with Crippen molar-refractivity contribution in [2.75, 3.05) is 11.1 Å². The number of halogens is 2. The standard InChI is InChI=1S/C17H11Cl2N5OS/c18-11-5-6-12(13(19)7-11)16-22-17(24-23-16)26-9-15(25)21-14-4-2-1-3-10(14)8-20/h1-7H,9H2,(H,21,25)(H,22,23,24). The maximum Gasteiger partial charge on any atom is 0.234 e. The molecule has 3 rings (SSSR count). The predicted octanol–water partition coefficient (Wildman–Crippen LogP) is 4.38. The summed E-state index contributed by atoms with van der Waals surface area (Å²) in [6.45, 7) is 0. The zero-order chi connectivity index (χ0) is 18.5. The number of nitrogens with zero attached hydrogens (tertiary/aromatic N) is 3. The van der Waals surface area contributed by atoms with E-state index in [1.54, 1.807) is 42.5 Å². The van der Waals surface area contributed by atoms with Crippen molar-refractivity contribution < 1.29 is 4.79 Å². The summed E-state index contributed by atoms with van der Waals surface area (Å²) in [6.07, 6.45) is 0. The van der Waals surface area contributed by atoms with Crippen LogP contribution < -0.4 is 5.32 Å². The molecule has 0 aliphatic carbocycles. The van der Waals surface area contributed by atoms with E-state index >= 15 is 0 Å². The quantitative estimate of drug-likeness (QED) is 0.616. The average Bonchev–Trinajstić information content (AvgIpc) is 3.09. The highest BCUT2D eigenvalue weighted by Crippen LogP contribution is 2.29. The summed E-state index contributed by atoms with van der Waals surface area (Å²) in [5.41, 5.74) is 1.55. The number of hydrogen-bond acceptors (Lipinski definition) is 5. The molecule has 3 aromatic rings. The average molecular weight is 404 g/mol. The van der Waals surface area contributed by atoms with Crippen LogP contribution in [0, 0.1) is 11.3 Å². The van der Waals surface area contributed by atoms with Crippen LogP contribution in [0.15, 0.2) is 47.6 Å². The number of carbonyl (C=O) groups excluding carboxylic acids is 1. The molecule has 1 heterocycles. The Morgan fingerprint density at radius 2 is 2.08 bits per heavy atom. The molecular formula is C17H11Cl2N5OS. The number of anilines is 1. The third-order valence-corrected chi connectivity index (χ3v) is 4.70. The van der Waals surface area contributed by atoms with Gasteiger partial charge < -0.3 is 5.32 Å². The topological polar surface area (TPSA) is 94.5 Å². The number of nitrogens with one attached hydrogen (secondary N) is 2. The molecule has 9 heteroatoms. The van der Waals surface area contributed by atoms with Crippen LogP contribution in [0.2, 0.25) is 10.0 Å². The van der Waals surface area contributed by atoms with Crippen LogP contribution in [0.25, 0.3) is 11.4 Å². The Hall–Kier alpha value is -2.53. The smallest absolute Gasteiger partial charge is 0.234 e. The number of amides is 1. The first-order chi connectivity index (χ1) is 12.6. The molecular weight excluding hydrogens is 393 g/mol. The molecule has 0 radical (unpaired) electrons. The number of rotatable bonds is 5. The zero-order valence-electron chi connectivity index (χ0n) is 13.2. The lowest BCUT2D eigenvalue weighted by molar-refractivity contribution is -0.113. The lowest BCUT2D eigenvalue weighted by Crippen LogP contribution is -2.15. The number of H-pyrrole nitrogens is 1. The summed E-state index contributed by atoms with van der Waals surface area (Å²) in [5, 5.41) is 20.0. The van der Waals surface area contributed by atoms with Crippen molar-refractivity contribution in [2.45, 2.75) is 5.16 Å². The molecule has 0 aliphatic heterocycles. The van der Waals surface area contributed by atoms with Gasteiger partial charge in [0.05, 0.1) is 22.0 Å². The zero-order valence-corrected chi connectivity index (χ0v) is 15.5. The number of thioether (sulfide) groups is 1. The normalized spacial score (nSPS) is 10.3. The van der Waals surface area contributed by atoms with E-state index in [2.05, 4.69) is 20.5 Å². The molecule has 2 aromatic carbocycles. The van der Waals surface area contributed by atoms with E-state index in [0.29, 0.717) is 37.8 Å². The number of carbonyl (C=O) groups is 1. The second kappa shape index (κ2) is 8.23. The Morgan fingerprint density at radius 1 is 1.27 bits per heavy atom. The van der Waals surface area contributed by atoms with Crippen molar-refractivity contribution in [3.63, 3.8) is 0 Å². The summed E-state index contributed by atoms with van der Waals surface area (Å²) in [6, 6.07) is 13.9. The third kappa shape index (κ3) is 4.35. The molecule has 2 N–H and O–H groups in total. The molecule has 0 aliphatic rings. The molecule has 0 atom stereocenters. The van der Waals surface area contributed by atoms with E-state index in [0.717, 1.165) is 0 Å². The van der Waals surface area contributed by atoms with Crippen LogP contribution in [-0.4, -0.2) is 26.8 Å². The number of aromatic amines is 1. The van der Waals surface area contributed by atoms with Gasteiger partial charge in [0.2, 0.25) is 11.1 Å². The summed E-state index contributed by atoms with van der Waals surface area (Å²) in [4.78, 5) is 16.4. The van der Waals surface area contributed by atoms with Gasteiger partial charge in [-0.2, -0.15) is 5.26 Å². The van der Waals surface area contributed by atoms with Gasteiger partial charge in [0, 0.05) is 10.6 Å². The van der Waals surface area contributed by atoms with Gasteiger partial charge in [-0.3, -0.25) is 9.89 Å². The van der Waals surface area contributed by atoms with Gasteiger partial charge in [-0.15, -0.1) is 5.10 Å². The highest BCUT2D eigenvalue weighted by molar-refractivity contribution is 7.99. The lowest BCUT2D eigenvalue weighted by atomic mass is 10.2. The second-order valence-electron chi connectivity index (χ2n) is 5.08. The molecule has 26 heavy (non-hydrogen) atoms. The molecule has 130 valence electrons. The molecule has 0 bridgehead atoms. The fraction of sp³-hybridized carbons (Fsp3) is 0.0588. The van der Waals surface area contributed by atoms with Gasteiger partial charge in [0.1, 0.15) is 6.07 Å². The first-order valence-corrected chi connectivity index (χ1v) is 9.10. The maximum absolute atomic E-state index is 12.1. The van der Waals surface area contributed by atoms with Crippen molar-refractivity contribution in [3.05, 3.63) is 58.1 Å². The van der Waals surface area contributed by atoms with E-state index < -0.39 is 0 Å². The highest BCUT2D eigenvalue weighted by atomic mass is 35.5. The minimum atomic E-state index is -0.256. The van der Waals surface area contributed by atoms with Crippen LogP contribution in [0.4, 0.5) is 5.69 Å². The Bertz CT molecular complexity index is 999. The first-order valence-electron chi connectivity index (χ1n) is 7.36. The van der Waals surface area contributed by atoms with Crippen LogP contribution >= 0.6 is 35.0 Å². The number of nitriles is 1. The van der Waals surface area contributed by atoms with Crippen molar-refractivity contribution in [1.82, 2.24) is 15.2 Å². The number of hydrogen-bond donors (Lipinski definition) is 2. The monoisotopic (exact) mass is 403 g/mol. The molecule has 1 amide bonds. The Labute approximate surface area is 163 Å². The fourth-order valence-corrected chi connectivity index (χ4v) is 3.22. The Balaban J connectivity index is 1.63. The van der Waals surface area contributed by atoms with Gasteiger partial charge >= 0.3 is 0 Å². The second-order valence-corrected chi connectivity index (χ2v) is 6.87. The SMILES string of the molecule is N#Cc1ccccc1NC(=O)CSc1n[nH]c(-c2ccc(Cl)cc2Cl)n1. The Kier molecular flexibility index (Phi) is 5.78. The minimum Gasteiger partial charge on any atom is -0.324 e. The number of para-hydroxylation sites is 1. The summed E-state index contributed by atoms with van der Waals surface area (Å²) in [7, 11) is 0. The van der Waals surface area contributed by atoms with E-state index in [9.17, 15) is 4.79 Å². The van der Waals surface area contributed by atoms with E-state index in [-0.39, 0.29) is 11.7 Å². The van der Waals surface area contributed by atoms with Gasteiger partial charge in [0.25, 0.3) is 0 Å². The summed E-state index contributed by atoms with van der Waals surface area (Å²) < 4.78 is 0. The van der Waals surface area contributed by atoms with Crippen LogP contribution in [0.3, 0.4) is 0 Å². The lowest BCUT2D eigenvalue weighted by Gasteiger charge is -2.05. The van der Waals surface area contributed by atoms with Crippen LogP contribution in [0.5, 0.6) is 0 Å². The third-order valence-electron chi connectivity index (χ3n) is 3.31. The predicted molar refractivity (Wildman–Crippen MR) is 102 cm³/mol. The van der Waals surface area contributed by atoms with Gasteiger partial charge in [0.15, 0.2) is 5.82 Å². The largest absolute Gasteiger partial charge is 0.324 e. The maximum atomic E-state index is 12.1. The summed E-state index contributed by atoms with van der Waals surface area (Å²) in [5.74, 6) is 0.337. The number of benzene rings is 2.